The predicted octanol–water partition coefficient (Wildman–Crippen LogP) is 4.64. The maximum absolute atomic E-state index is 12.3. The maximum Gasteiger partial charge on any atom is 0.276 e. The first kappa shape index (κ1) is 15.1. The molecule has 0 saturated heterocycles. The van der Waals surface area contributed by atoms with E-state index in [0.717, 1.165) is 21.1 Å². The van der Waals surface area contributed by atoms with Crippen LogP contribution in [0.15, 0.2) is 52.5 Å². The molecule has 0 aliphatic rings. The first-order valence-corrected chi connectivity index (χ1v) is 9.62. The van der Waals surface area contributed by atoms with Gasteiger partial charge in [0, 0.05) is 21.9 Å². The minimum absolute atomic E-state index is 0.275. The molecule has 3 aromatic heterocycles. The van der Waals surface area contributed by atoms with Crippen molar-refractivity contribution in [3.63, 3.8) is 0 Å². The normalized spacial score (nSPS) is 10.7. The molecule has 1 amide bonds. The Morgan fingerprint density at radius 3 is 2.62 bits per heavy atom. The van der Waals surface area contributed by atoms with Gasteiger partial charge in [0.2, 0.25) is 5.13 Å². The highest BCUT2D eigenvalue weighted by atomic mass is 32.1. The Morgan fingerprint density at radius 1 is 0.958 bits per heavy atom. The lowest BCUT2D eigenvalue weighted by Crippen LogP contribution is -2.12. The summed E-state index contributed by atoms with van der Waals surface area (Å²) in [4.78, 5) is 16.7. The number of nitrogens with zero attached hydrogens (tertiary/aromatic N) is 3. The monoisotopic (exact) mass is 370 g/mol. The van der Waals surface area contributed by atoms with E-state index in [-0.39, 0.29) is 5.91 Å². The highest BCUT2D eigenvalue weighted by molar-refractivity contribution is 7.18. The van der Waals surface area contributed by atoms with Crippen LogP contribution in [0.25, 0.3) is 21.1 Å². The van der Waals surface area contributed by atoms with Gasteiger partial charge in [-0.3, -0.25) is 10.1 Å². The summed E-state index contributed by atoms with van der Waals surface area (Å²) in [5, 5.41) is 18.7. The molecule has 3 heterocycles. The Balaban J connectivity index is 1.50. The van der Waals surface area contributed by atoms with E-state index < -0.39 is 0 Å². The fourth-order valence-corrected chi connectivity index (χ4v) is 4.29. The van der Waals surface area contributed by atoms with Gasteiger partial charge in [-0.1, -0.05) is 41.7 Å². The smallest absolute Gasteiger partial charge is 0.276 e. The number of rotatable bonds is 4. The summed E-state index contributed by atoms with van der Waals surface area (Å²) in [5.41, 5.74) is 2.40. The van der Waals surface area contributed by atoms with Crippen LogP contribution in [0.5, 0.6) is 0 Å². The van der Waals surface area contributed by atoms with Crippen LogP contribution in [0.4, 0.5) is 5.13 Å². The molecule has 0 unspecified atom stereocenters. The van der Waals surface area contributed by atoms with Gasteiger partial charge >= 0.3 is 0 Å². The van der Waals surface area contributed by atoms with Crippen molar-refractivity contribution in [3.05, 3.63) is 58.2 Å². The van der Waals surface area contributed by atoms with Crippen molar-refractivity contribution in [1.29, 1.82) is 0 Å². The van der Waals surface area contributed by atoms with Gasteiger partial charge in [-0.05, 0) is 11.4 Å². The van der Waals surface area contributed by atoms with Gasteiger partial charge in [0.15, 0.2) is 0 Å². The van der Waals surface area contributed by atoms with E-state index in [1.165, 1.54) is 22.7 Å². The molecule has 0 bridgehead atoms. The SMILES string of the molecule is O=C(Nc1nnc(-c2ccccc2)s1)c1csc(-c2ccsc2)n1. The number of hydrogen-bond donors (Lipinski definition) is 1. The van der Waals surface area contributed by atoms with Crippen LogP contribution >= 0.6 is 34.0 Å². The van der Waals surface area contributed by atoms with Crippen LogP contribution in [-0.4, -0.2) is 21.1 Å². The number of thiophene rings is 1. The standard InChI is InChI=1S/C16H10N4OS3/c21-13(12-9-23-14(17-12)11-6-7-22-8-11)18-16-20-19-15(24-16)10-4-2-1-3-5-10/h1-9H,(H,18,20,21). The van der Waals surface area contributed by atoms with Gasteiger partial charge in [0.05, 0.1) is 0 Å². The molecule has 0 spiro atoms. The molecule has 1 N–H and O–H groups in total. The third-order valence-electron chi connectivity index (χ3n) is 3.17. The van der Waals surface area contributed by atoms with Crippen molar-refractivity contribution >= 4 is 45.0 Å². The summed E-state index contributed by atoms with van der Waals surface area (Å²) in [7, 11) is 0. The summed E-state index contributed by atoms with van der Waals surface area (Å²) in [6.07, 6.45) is 0. The second kappa shape index (κ2) is 6.60. The summed E-state index contributed by atoms with van der Waals surface area (Å²) < 4.78 is 0. The quantitative estimate of drug-likeness (QED) is 0.568. The number of carbonyl (C=O) groups is 1. The molecule has 118 valence electrons. The zero-order valence-corrected chi connectivity index (χ0v) is 14.6. The number of anilines is 1. The van der Waals surface area contributed by atoms with Crippen molar-refractivity contribution in [3.8, 4) is 21.1 Å². The molecule has 24 heavy (non-hydrogen) atoms. The lowest BCUT2D eigenvalue weighted by atomic mass is 10.2. The van der Waals surface area contributed by atoms with Crippen molar-refractivity contribution in [2.75, 3.05) is 5.32 Å². The number of benzene rings is 1. The average Bonchev–Trinajstić information content (AvgIpc) is 3.36. The highest BCUT2D eigenvalue weighted by Crippen LogP contribution is 2.28. The van der Waals surface area contributed by atoms with Crippen molar-refractivity contribution in [2.45, 2.75) is 0 Å². The molecule has 0 aliphatic heterocycles. The minimum Gasteiger partial charge on any atom is -0.295 e. The molecule has 1 aromatic carbocycles. The summed E-state index contributed by atoms with van der Waals surface area (Å²) >= 11 is 4.39. The molecule has 0 aliphatic carbocycles. The van der Waals surface area contributed by atoms with E-state index in [4.69, 9.17) is 0 Å². The lowest BCUT2D eigenvalue weighted by Gasteiger charge is -1.96. The second-order valence-electron chi connectivity index (χ2n) is 4.78. The lowest BCUT2D eigenvalue weighted by molar-refractivity contribution is 0.102. The Bertz CT molecular complexity index is 960. The zero-order valence-electron chi connectivity index (χ0n) is 12.2. The van der Waals surface area contributed by atoms with Gasteiger partial charge < -0.3 is 0 Å². The van der Waals surface area contributed by atoms with E-state index in [9.17, 15) is 4.79 Å². The van der Waals surface area contributed by atoms with Gasteiger partial charge in [-0.15, -0.1) is 21.5 Å². The van der Waals surface area contributed by atoms with Crippen LogP contribution in [-0.2, 0) is 0 Å². The van der Waals surface area contributed by atoms with Crippen molar-refractivity contribution < 1.29 is 4.79 Å². The third kappa shape index (κ3) is 3.12. The maximum atomic E-state index is 12.3. The van der Waals surface area contributed by atoms with E-state index in [1.54, 1.807) is 16.7 Å². The van der Waals surface area contributed by atoms with E-state index in [0.29, 0.717) is 10.8 Å². The van der Waals surface area contributed by atoms with Gasteiger partial charge in [0.25, 0.3) is 5.91 Å². The molecule has 0 fully saturated rings. The fraction of sp³-hybridized carbons (Fsp3) is 0. The number of nitrogens with one attached hydrogen (secondary N) is 1. The van der Waals surface area contributed by atoms with Crippen LogP contribution in [0, 0.1) is 0 Å². The van der Waals surface area contributed by atoms with Crippen LogP contribution in [0.2, 0.25) is 0 Å². The summed E-state index contributed by atoms with van der Waals surface area (Å²) in [5.74, 6) is -0.275. The summed E-state index contributed by atoms with van der Waals surface area (Å²) in [6.45, 7) is 0. The molecule has 0 saturated carbocycles. The van der Waals surface area contributed by atoms with E-state index in [1.807, 2.05) is 47.2 Å². The molecule has 0 atom stereocenters. The first-order valence-electron chi connectivity index (χ1n) is 6.98. The highest BCUT2D eigenvalue weighted by Gasteiger charge is 2.15. The molecule has 4 aromatic rings. The number of hydrogen-bond acceptors (Lipinski definition) is 7. The second-order valence-corrected chi connectivity index (χ2v) is 7.40. The number of aromatic nitrogens is 3. The first-order chi connectivity index (χ1) is 11.8. The molecular formula is C16H10N4OS3. The Labute approximate surface area is 149 Å². The van der Waals surface area contributed by atoms with Crippen LogP contribution in [0.3, 0.4) is 0 Å². The van der Waals surface area contributed by atoms with Crippen molar-refractivity contribution in [2.24, 2.45) is 0 Å². The Hall–Kier alpha value is -2.42. The van der Waals surface area contributed by atoms with Gasteiger partial charge in [-0.2, -0.15) is 11.3 Å². The third-order valence-corrected chi connectivity index (χ3v) is 5.63. The number of carbonyl (C=O) groups excluding carboxylic acids is 1. The predicted molar refractivity (Wildman–Crippen MR) is 98.7 cm³/mol. The van der Waals surface area contributed by atoms with Gasteiger partial charge in [-0.25, -0.2) is 4.98 Å². The van der Waals surface area contributed by atoms with E-state index >= 15 is 0 Å². The van der Waals surface area contributed by atoms with Crippen molar-refractivity contribution in [1.82, 2.24) is 15.2 Å². The topological polar surface area (TPSA) is 67.8 Å². The molecule has 8 heteroatoms. The van der Waals surface area contributed by atoms with E-state index in [2.05, 4.69) is 20.5 Å². The Kier molecular flexibility index (Phi) is 4.16. The zero-order chi connectivity index (χ0) is 16.4. The van der Waals surface area contributed by atoms with Gasteiger partial charge in [0.1, 0.15) is 15.7 Å². The molecular weight excluding hydrogens is 360 g/mol. The number of thiazole rings is 1. The molecule has 4 rings (SSSR count). The average molecular weight is 370 g/mol. The summed E-state index contributed by atoms with van der Waals surface area (Å²) in [6, 6.07) is 11.7. The van der Waals surface area contributed by atoms with Crippen LogP contribution in [0.1, 0.15) is 10.5 Å². The molecule has 5 nitrogen and oxygen atoms in total. The fourth-order valence-electron chi connectivity index (χ4n) is 2.03. The Morgan fingerprint density at radius 2 is 1.83 bits per heavy atom. The number of amides is 1. The van der Waals surface area contributed by atoms with Crippen LogP contribution < -0.4 is 5.32 Å². The largest absolute Gasteiger partial charge is 0.295 e. The minimum atomic E-state index is -0.275. The molecule has 0 radical (unpaired) electrons.